The van der Waals surface area contributed by atoms with Crippen LogP contribution in [0.25, 0.3) is 0 Å². The van der Waals surface area contributed by atoms with Gasteiger partial charge < -0.3 is 24.7 Å². The van der Waals surface area contributed by atoms with E-state index in [2.05, 4.69) is 5.32 Å². The number of carboxylic acids is 1. The molecule has 1 aromatic carbocycles. The lowest BCUT2D eigenvalue weighted by atomic mass is 10.1. The molecule has 0 saturated heterocycles. The van der Waals surface area contributed by atoms with Crippen LogP contribution in [0.15, 0.2) is 18.2 Å². The lowest BCUT2D eigenvalue weighted by Crippen LogP contribution is -2.27. The molecule has 0 radical (unpaired) electrons. The number of nitrogens with one attached hydrogen (secondary N) is 1. The molecular formula is C13H16NO5-. The summed E-state index contributed by atoms with van der Waals surface area (Å²) in [5, 5.41) is 12.8. The third-order valence-corrected chi connectivity index (χ3v) is 2.52. The number of ether oxygens (including phenoxy) is 2. The molecular weight excluding hydrogens is 250 g/mol. The third kappa shape index (κ3) is 4.50. The highest BCUT2D eigenvalue weighted by Gasteiger charge is 2.10. The second kappa shape index (κ2) is 7.25. The average molecular weight is 266 g/mol. The number of para-hydroxylation sites is 1. The van der Waals surface area contributed by atoms with Gasteiger partial charge in [0.25, 0.3) is 0 Å². The molecule has 6 nitrogen and oxygen atoms in total. The van der Waals surface area contributed by atoms with Gasteiger partial charge >= 0.3 is 0 Å². The van der Waals surface area contributed by atoms with E-state index in [1.807, 2.05) is 0 Å². The molecule has 0 heterocycles. The maximum absolute atomic E-state index is 11.4. The molecule has 1 N–H and O–H groups in total. The van der Waals surface area contributed by atoms with Gasteiger partial charge in [0.2, 0.25) is 5.91 Å². The Bertz CT molecular complexity index is 458. The van der Waals surface area contributed by atoms with E-state index in [1.54, 1.807) is 18.2 Å². The Morgan fingerprint density at radius 1 is 1.21 bits per heavy atom. The molecule has 0 aliphatic heterocycles. The lowest BCUT2D eigenvalue weighted by Gasteiger charge is -2.13. The summed E-state index contributed by atoms with van der Waals surface area (Å²) in [5.74, 6) is -0.475. The normalized spacial score (nSPS) is 9.79. The maximum Gasteiger partial charge on any atom is 0.220 e. The zero-order valence-electron chi connectivity index (χ0n) is 10.9. The van der Waals surface area contributed by atoms with E-state index >= 15 is 0 Å². The van der Waals surface area contributed by atoms with Gasteiger partial charge in [-0.05, 0) is 12.5 Å². The van der Waals surface area contributed by atoms with E-state index in [0.717, 1.165) is 5.56 Å². The van der Waals surface area contributed by atoms with Crippen LogP contribution < -0.4 is 19.9 Å². The van der Waals surface area contributed by atoms with Crippen molar-refractivity contribution in [1.29, 1.82) is 0 Å². The molecule has 0 unspecified atom stereocenters. The van der Waals surface area contributed by atoms with Gasteiger partial charge in [0.05, 0.1) is 14.2 Å². The number of carboxylic acid groups (broad SMARTS) is 1. The maximum atomic E-state index is 11.4. The standard InChI is InChI=1S/C13H17NO5/c1-18-10-5-3-4-9(13(10)19-2)8-14-11(15)6-7-12(16)17/h3-5H,6-8H2,1-2H3,(H,14,15)(H,16,17)/p-1. The first-order valence-electron chi connectivity index (χ1n) is 5.75. The number of hydrogen-bond acceptors (Lipinski definition) is 5. The minimum atomic E-state index is -1.24. The van der Waals surface area contributed by atoms with Crippen molar-refractivity contribution in [1.82, 2.24) is 5.32 Å². The Morgan fingerprint density at radius 3 is 2.53 bits per heavy atom. The van der Waals surface area contributed by atoms with Crippen molar-refractivity contribution < 1.29 is 24.2 Å². The molecule has 0 atom stereocenters. The predicted octanol–water partition coefficient (Wildman–Crippen LogP) is -0.150. The summed E-state index contributed by atoms with van der Waals surface area (Å²) in [6.07, 6.45) is -0.393. The molecule has 6 heteroatoms. The van der Waals surface area contributed by atoms with Crippen LogP contribution in [0.3, 0.4) is 0 Å². The number of rotatable bonds is 7. The zero-order valence-corrected chi connectivity index (χ0v) is 10.9. The SMILES string of the molecule is COc1cccc(CNC(=O)CCC(=O)[O-])c1OC. The predicted molar refractivity (Wildman–Crippen MR) is 65.6 cm³/mol. The second-order valence-electron chi connectivity index (χ2n) is 3.80. The van der Waals surface area contributed by atoms with Gasteiger partial charge in [0, 0.05) is 24.5 Å². The molecule has 0 aromatic heterocycles. The number of methoxy groups -OCH3 is 2. The van der Waals surface area contributed by atoms with Crippen LogP contribution in [-0.4, -0.2) is 26.1 Å². The molecule has 0 aliphatic carbocycles. The molecule has 0 aliphatic rings. The van der Waals surface area contributed by atoms with E-state index in [4.69, 9.17) is 9.47 Å². The summed E-state index contributed by atoms with van der Waals surface area (Å²) in [6.45, 7) is 0.242. The van der Waals surface area contributed by atoms with Gasteiger partial charge in [-0.2, -0.15) is 0 Å². The van der Waals surface area contributed by atoms with Gasteiger partial charge in [-0.25, -0.2) is 0 Å². The molecule has 0 saturated carbocycles. The number of carbonyl (C=O) groups is 2. The fourth-order valence-corrected chi connectivity index (χ4v) is 1.59. The van der Waals surface area contributed by atoms with Crippen LogP contribution in [0.2, 0.25) is 0 Å². The van der Waals surface area contributed by atoms with E-state index < -0.39 is 5.97 Å². The first-order valence-corrected chi connectivity index (χ1v) is 5.75. The molecule has 104 valence electrons. The molecule has 0 bridgehead atoms. The first kappa shape index (κ1) is 14.8. The van der Waals surface area contributed by atoms with Gasteiger partial charge in [0.1, 0.15) is 0 Å². The van der Waals surface area contributed by atoms with E-state index in [-0.39, 0.29) is 25.3 Å². The summed E-state index contributed by atoms with van der Waals surface area (Å²) in [4.78, 5) is 21.6. The van der Waals surface area contributed by atoms with Crippen LogP contribution in [0.1, 0.15) is 18.4 Å². The van der Waals surface area contributed by atoms with Gasteiger partial charge in [-0.3, -0.25) is 4.79 Å². The Morgan fingerprint density at radius 2 is 1.95 bits per heavy atom. The summed E-state index contributed by atoms with van der Waals surface area (Å²) in [5.41, 5.74) is 0.753. The van der Waals surface area contributed by atoms with Crippen molar-refractivity contribution in [3.63, 3.8) is 0 Å². The molecule has 1 amide bonds. The van der Waals surface area contributed by atoms with Crippen LogP contribution >= 0.6 is 0 Å². The van der Waals surface area contributed by atoms with Crippen molar-refractivity contribution in [3.05, 3.63) is 23.8 Å². The van der Waals surface area contributed by atoms with E-state index in [9.17, 15) is 14.7 Å². The van der Waals surface area contributed by atoms with E-state index in [0.29, 0.717) is 11.5 Å². The van der Waals surface area contributed by atoms with Crippen LogP contribution in [0, 0.1) is 0 Å². The summed E-state index contributed by atoms with van der Waals surface area (Å²) >= 11 is 0. The largest absolute Gasteiger partial charge is 0.550 e. The minimum Gasteiger partial charge on any atom is -0.550 e. The van der Waals surface area contributed by atoms with E-state index in [1.165, 1.54) is 14.2 Å². The quantitative estimate of drug-likeness (QED) is 0.741. The number of amides is 1. The Balaban J connectivity index is 2.62. The summed E-state index contributed by atoms with van der Waals surface area (Å²) in [7, 11) is 3.04. The van der Waals surface area contributed by atoms with Crippen molar-refractivity contribution in [2.75, 3.05) is 14.2 Å². The van der Waals surface area contributed by atoms with Gasteiger partial charge in [-0.1, -0.05) is 12.1 Å². The summed E-state index contributed by atoms with van der Waals surface area (Å²) < 4.78 is 10.4. The smallest absolute Gasteiger partial charge is 0.220 e. The molecule has 19 heavy (non-hydrogen) atoms. The molecule has 1 rings (SSSR count). The fourth-order valence-electron chi connectivity index (χ4n) is 1.59. The number of benzene rings is 1. The average Bonchev–Trinajstić information content (AvgIpc) is 2.42. The van der Waals surface area contributed by atoms with Crippen LogP contribution in [-0.2, 0) is 16.1 Å². The monoisotopic (exact) mass is 266 g/mol. The van der Waals surface area contributed by atoms with Crippen molar-refractivity contribution >= 4 is 11.9 Å². The molecule has 0 spiro atoms. The third-order valence-electron chi connectivity index (χ3n) is 2.52. The minimum absolute atomic E-state index is 0.103. The highest BCUT2D eigenvalue weighted by molar-refractivity contribution is 5.80. The highest BCUT2D eigenvalue weighted by Crippen LogP contribution is 2.30. The van der Waals surface area contributed by atoms with Crippen molar-refractivity contribution in [3.8, 4) is 11.5 Å². The van der Waals surface area contributed by atoms with Gasteiger partial charge in [-0.15, -0.1) is 0 Å². The number of hydrogen-bond donors (Lipinski definition) is 1. The van der Waals surface area contributed by atoms with Crippen LogP contribution in [0.5, 0.6) is 11.5 Å². The van der Waals surface area contributed by atoms with Gasteiger partial charge in [0.15, 0.2) is 11.5 Å². The molecule has 0 fully saturated rings. The lowest BCUT2D eigenvalue weighted by molar-refractivity contribution is -0.305. The van der Waals surface area contributed by atoms with Crippen LogP contribution in [0.4, 0.5) is 0 Å². The number of carbonyl (C=O) groups excluding carboxylic acids is 2. The second-order valence-corrected chi connectivity index (χ2v) is 3.80. The highest BCUT2D eigenvalue weighted by atomic mass is 16.5. The Labute approximate surface area is 111 Å². The topological polar surface area (TPSA) is 87.7 Å². The van der Waals surface area contributed by atoms with Crippen molar-refractivity contribution in [2.45, 2.75) is 19.4 Å². The summed E-state index contributed by atoms with van der Waals surface area (Å²) in [6, 6.07) is 5.32. The Kier molecular flexibility index (Phi) is 5.66. The fraction of sp³-hybridized carbons (Fsp3) is 0.385. The van der Waals surface area contributed by atoms with Crippen molar-refractivity contribution in [2.24, 2.45) is 0 Å². The zero-order chi connectivity index (χ0) is 14.3. The Hall–Kier alpha value is -2.24. The number of aliphatic carboxylic acids is 1. The molecule has 1 aromatic rings. The first-order chi connectivity index (χ1) is 9.08.